The molecule has 6 heteroatoms. The first-order valence-electron chi connectivity index (χ1n) is 11.8. The first-order valence-corrected chi connectivity index (χ1v) is 11.8. The number of anilines is 1. The molecule has 4 rings (SSSR count). The molecule has 0 saturated carbocycles. The van der Waals surface area contributed by atoms with Crippen LogP contribution in [0.15, 0.2) is 85.0 Å². The lowest BCUT2D eigenvalue weighted by atomic mass is 10.0. The van der Waals surface area contributed by atoms with E-state index in [4.69, 9.17) is 4.74 Å². The van der Waals surface area contributed by atoms with Gasteiger partial charge in [-0.15, -0.1) is 6.58 Å². The number of imide groups is 2. The molecule has 0 bridgehead atoms. The average molecular weight is 481 g/mol. The fraction of sp³-hybridized carbons (Fsp3) is 0.167. The number of nitrogens with zero attached hydrogens (tertiary/aromatic N) is 1. The monoisotopic (exact) mass is 480 g/mol. The van der Waals surface area contributed by atoms with Crippen LogP contribution >= 0.6 is 0 Å². The van der Waals surface area contributed by atoms with Gasteiger partial charge < -0.3 is 4.74 Å². The van der Waals surface area contributed by atoms with E-state index in [0.717, 1.165) is 33.6 Å². The van der Waals surface area contributed by atoms with Crippen molar-refractivity contribution in [2.24, 2.45) is 0 Å². The molecule has 1 heterocycles. The van der Waals surface area contributed by atoms with Crippen LogP contribution < -0.4 is 15.0 Å². The highest BCUT2D eigenvalue weighted by molar-refractivity contribution is 6.39. The predicted octanol–water partition coefficient (Wildman–Crippen LogP) is 5.53. The topological polar surface area (TPSA) is 75.7 Å². The Balaban J connectivity index is 1.61. The number of amides is 4. The molecule has 0 unspecified atom stereocenters. The summed E-state index contributed by atoms with van der Waals surface area (Å²) in [5.41, 5.74) is 5.10. The van der Waals surface area contributed by atoms with Crippen molar-refractivity contribution in [3.05, 3.63) is 113 Å². The fourth-order valence-electron chi connectivity index (χ4n) is 4.05. The summed E-state index contributed by atoms with van der Waals surface area (Å²) < 4.78 is 6.06. The molecule has 0 radical (unpaired) electrons. The van der Waals surface area contributed by atoms with Crippen molar-refractivity contribution in [3.8, 4) is 5.75 Å². The van der Waals surface area contributed by atoms with Gasteiger partial charge in [-0.1, -0.05) is 61.0 Å². The number of carbonyl (C=O) groups excluding carboxylic acids is 3. The number of benzene rings is 3. The van der Waals surface area contributed by atoms with E-state index >= 15 is 0 Å². The summed E-state index contributed by atoms with van der Waals surface area (Å²) >= 11 is 0. The maximum Gasteiger partial charge on any atom is 0.335 e. The number of urea groups is 1. The van der Waals surface area contributed by atoms with Crippen LogP contribution in [0.25, 0.3) is 6.08 Å². The molecule has 3 aromatic carbocycles. The third kappa shape index (κ3) is 5.44. The molecule has 1 N–H and O–H groups in total. The summed E-state index contributed by atoms with van der Waals surface area (Å²) in [6, 6.07) is 19.9. The Kier molecular flexibility index (Phi) is 7.44. The van der Waals surface area contributed by atoms with Crippen molar-refractivity contribution in [3.63, 3.8) is 0 Å². The van der Waals surface area contributed by atoms with Gasteiger partial charge in [-0.2, -0.15) is 0 Å². The van der Waals surface area contributed by atoms with Gasteiger partial charge in [-0.05, 0) is 72.4 Å². The molecule has 0 aromatic heterocycles. The Labute approximate surface area is 210 Å². The molecule has 1 aliphatic rings. The Hall–Kier alpha value is -4.45. The van der Waals surface area contributed by atoms with E-state index in [1.807, 2.05) is 56.3 Å². The van der Waals surface area contributed by atoms with Gasteiger partial charge in [0, 0.05) is 0 Å². The zero-order valence-electron chi connectivity index (χ0n) is 20.4. The summed E-state index contributed by atoms with van der Waals surface area (Å²) in [6.45, 7) is 8.30. The Bertz CT molecular complexity index is 1360. The van der Waals surface area contributed by atoms with E-state index in [1.165, 1.54) is 6.08 Å². The van der Waals surface area contributed by atoms with E-state index in [-0.39, 0.29) is 5.57 Å². The minimum atomic E-state index is -0.765. The second-order valence-electron chi connectivity index (χ2n) is 8.62. The molecule has 0 spiro atoms. The van der Waals surface area contributed by atoms with E-state index in [9.17, 15) is 14.4 Å². The van der Waals surface area contributed by atoms with Gasteiger partial charge >= 0.3 is 6.03 Å². The Morgan fingerprint density at radius 2 is 1.75 bits per heavy atom. The van der Waals surface area contributed by atoms with Crippen LogP contribution in [0, 0.1) is 6.92 Å². The van der Waals surface area contributed by atoms with E-state index in [0.29, 0.717) is 30.0 Å². The number of rotatable bonds is 8. The lowest BCUT2D eigenvalue weighted by molar-refractivity contribution is -0.122. The lowest BCUT2D eigenvalue weighted by Gasteiger charge is -2.26. The smallest absolute Gasteiger partial charge is 0.335 e. The minimum Gasteiger partial charge on any atom is -0.489 e. The zero-order chi connectivity index (χ0) is 25.7. The number of hydrogen-bond acceptors (Lipinski definition) is 4. The SMILES string of the molecule is C=CCc1cc(/C=C2/C(=O)NC(=O)N(c3ccc(CC)cc3)C2=O)ccc1OCc1cccc(C)c1. The highest BCUT2D eigenvalue weighted by Gasteiger charge is 2.36. The van der Waals surface area contributed by atoms with Crippen molar-refractivity contribution in [2.45, 2.75) is 33.3 Å². The third-order valence-electron chi connectivity index (χ3n) is 5.94. The van der Waals surface area contributed by atoms with Gasteiger partial charge in [-0.25, -0.2) is 9.69 Å². The van der Waals surface area contributed by atoms with E-state index in [1.54, 1.807) is 24.3 Å². The standard InChI is InChI=1S/C30H28N2O4/c1-4-7-24-17-22(12-15-27(24)36-19-23-9-6-8-20(3)16-23)18-26-28(33)31-30(35)32(29(26)34)25-13-10-21(5-2)11-14-25/h4,6,8-18H,1,5,7,19H2,2-3H3,(H,31,33,35)/b26-18-. The van der Waals surface area contributed by atoms with Crippen LogP contribution in [0.1, 0.15) is 34.7 Å². The molecule has 0 atom stereocenters. The number of allylic oxidation sites excluding steroid dienone is 1. The zero-order valence-corrected chi connectivity index (χ0v) is 20.4. The summed E-state index contributed by atoms with van der Waals surface area (Å²) in [7, 11) is 0. The maximum absolute atomic E-state index is 13.2. The number of carbonyl (C=O) groups is 3. The number of nitrogens with one attached hydrogen (secondary N) is 1. The molecule has 4 amide bonds. The largest absolute Gasteiger partial charge is 0.489 e. The molecular weight excluding hydrogens is 452 g/mol. The number of aryl methyl sites for hydroxylation is 2. The minimum absolute atomic E-state index is 0.118. The van der Waals surface area contributed by atoms with Crippen LogP contribution in [0.4, 0.5) is 10.5 Å². The molecule has 1 saturated heterocycles. The van der Waals surface area contributed by atoms with Gasteiger partial charge in [0.1, 0.15) is 17.9 Å². The molecular formula is C30H28N2O4. The number of ether oxygens (including phenoxy) is 1. The van der Waals surface area contributed by atoms with Crippen LogP contribution in [0.2, 0.25) is 0 Å². The highest BCUT2D eigenvalue weighted by atomic mass is 16.5. The normalized spacial score (nSPS) is 14.7. The first kappa shape index (κ1) is 24.7. The fourth-order valence-corrected chi connectivity index (χ4v) is 4.05. The maximum atomic E-state index is 13.2. The molecule has 1 fully saturated rings. The Morgan fingerprint density at radius 1 is 0.972 bits per heavy atom. The van der Waals surface area contributed by atoms with Crippen molar-refractivity contribution in [1.29, 1.82) is 0 Å². The van der Waals surface area contributed by atoms with Gasteiger partial charge in [0.05, 0.1) is 5.69 Å². The molecule has 6 nitrogen and oxygen atoms in total. The second kappa shape index (κ2) is 10.9. The summed E-state index contributed by atoms with van der Waals surface area (Å²) in [5, 5.41) is 2.27. The average Bonchev–Trinajstić information content (AvgIpc) is 2.86. The van der Waals surface area contributed by atoms with Crippen molar-refractivity contribution >= 4 is 29.6 Å². The van der Waals surface area contributed by atoms with Gasteiger partial charge in [-0.3, -0.25) is 14.9 Å². The molecule has 1 aliphatic heterocycles. The third-order valence-corrected chi connectivity index (χ3v) is 5.94. The highest BCUT2D eigenvalue weighted by Crippen LogP contribution is 2.26. The number of barbiturate groups is 1. The molecule has 36 heavy (non-hydrogen) atoms. The quantitative estimate of drug-likeness (QED) is 0.261. The predicted molar refractivity (Wildman–Crippen MR) is 141 cm³/mol. The second-order valence-corrected chi connectivity index (χ2v) is 8.62. The number of hydrogen-bond donors (Lipinski definition) is 1. The van der Waals surface area contributed by atoms with Crippen molar-refractivity contribution in [2.75, 3.05) is 4.90 Å². The van der Waals surface area contributed by atoms with Crippen molar-refractivity contribution < 1.29 is 19.1 Å². The summed E-state index contributed by atoms with van der Waals surface area (Å²) in [6.07, 6.45) is 4.65. The van der Waals surface area contributed by atoms with Gasteiger partial charge in [0.2, 0.25) is 0 Å². The molecule has 3 aromatic rings. The van der Waals surface area contributed by atoms with Crippen LogP contribution in [0.3, 0.4) is 0 Å². The first-order chi connectivity index (χ1) is 17.4. The van der Waals surface area contributed by atoms with E-state index < -0.39 is 17.8 Å². The van der Waals surface area contributed by atoms with Gasteiger partial charge in [0.15, 0.2) is 0 Å². The van der Waals surface area contributed by atoms with Crippen molar-refractivity contribution in [1.82, 2.24) is 5.32 Å². The van der Waals surface area contributed by atoms with Gasteiger partial charge in [0.25, 0.3) is 11.8 Å². The Morgan fingerprint density at radius 3 is 2.44 bits per heavy atom. The van der Waals surface area contributed by atoms with Crippen LogP contribution in [0.5, 0.6) is 5.75 Å². The summed E-state index contributed by atoms with van der Waals surface area (Å²) in [4.78, 5) is 39.2. The van der Waals surface area contributed by atoms with Crippen LogP contribution in [-0.4, -0.2) is 17.8 Å². The molecule has 182 valence electrons. The van der Waals surface area contributed by atoms with Crippen LogP contribution in [-0.2, 0) is 29.0 Å². The van der Waals surface area contributed by atoms with E-state index in [2.05, 4.69) is 18.0 Å². The molecule has 0 aliphatic carbocycles. The lowest BCUT2D eigenvalue weighted by Crippen LogP contribution is -2.54. The summed E-state index contributed by atoms with van der Waals surface area (Å²) in [5.74, 6) is -0.694.